The minimum atomic E-state index is 0. The Labute approximate surface area is 108 Å². The van der Waals surface area contributed by atoms with Gasteiger partial charge in [-0.3, -0.25) is 0 Å². The van der Waals surface area contributed by atoms with Gasteiger partial charge in [-0.25, -0.2) is 0 Å². The van der Waals surface area contributed by atoms with Gasteiger partial charge in [-0.2, -0.15) is 4.58 Å². The lowest BCUT2D eigenvalue weighted by Crippen LogP contribution is -3.00. The molecule has 1 aromatic rings. The van der Waals surface area contributed by atoms with Crippen molar-refractivity contribution >= 4 is 5.90 Å². The van der Waals surface area contributed by atoms with E-state index in [4.69, 9.17) is 4.74 Å². The second-order valence-corrected chi connectivity index (χ2v) is 3.78. The molecule has 1 atom stereocenters. The Hall–Kier alpha value is -0.580. The lowest BCUT2D eigenvalue weighted by molar-refractivity contribution is -0.527. The average molecular weight is 317 g/mol. The molecule has 3 heteroatoms. The Kier molecular flexibility index (Phi) is 4.57. The smallest absolute Gasteiger partial charge is 0.333 e. The quantitative estimate of drug-likeness (QED) is 0.488. The van der Waals surface area contributed by atoms with Crippen LogP contribution in [0.2, 0.25) is 0 Å². The van der Waals surface area contributed by atoms with Gasteiger partial charge in [-0.05, 0) is 5.56 Å². The van der Waals surface area contributed by atoms with Gasteiger partial charge in [0.15, 0.2) is 12.6 Å². The fourth-order valence-electron chi connectivity index (χ4n) is 1.77. The summed E-state index contributed by atoms with van der Waals surface area (Å²) in [4.78, 5) is 0. The van der Waals surface area contributed by atoms with Crippen molar-refractivity contribution in [1.29, 1.82) is 0 Å². The highest BCUT2D eigenvalue weighted by Crippen LogP contribution is 2.10. The molecule has 2 rings (SSSR count). The maximum absolute atomic E-state index is 5.49. The normalized spacial score (nSPS) is 19.7. The van der Waals surface area contributed by atoms with Gasteiger partial charge in [0.2, 0.25) is 0 Å². The molecule has 0 bridgehead atoms. The number of rotatable bonds is 2. The van der Waals surface area contributed by atoms with Gasteiger partial charge in [0.05, 0.1) is 6.92 Å². The van der Waals surface area contributed by atoms with E-state index in [0.717, 1.165) is 18.9 Å². The van der Waals surface area contributed by atoms with Crippen molar-refractivity contribution in [2.75, 3.05) is 13.7 Å². The van der Waals surface area contributed by atoms with Crippen molar-refractivity contribution in [3.63, 3.8) is 0 Å². The monoisotopic (exact) mass is 317 g/mol. The standard InChI is InChI=1S/C12H16NO.HI/c1-10-13(2)12(9-14-10)8-11-6-4-3-5-7-11;/h3-7,12H,8-9H2,1-2H3;1H/q+1;/p-1/t12-;/m0./s1. The molecular formula is C12H16INO. The molecular weight excluding hydrogens is 301 g/mol. The van der Waals surface area contributed by atoms with Crippen LogP contribution < -0.4 is 24.0 Å². The molecule has 0 radical (unpaired) electrons. The maximum atomic E-state index is 5.49. The van der Waals surface area contributed by atoms with Crippen molar-refractivity contribution in [3.05, 3.63) is 35.9 Å². The van der Waals surface area contributed by atoms with Crippen molar-refractivity contribution < 1.29 is 33.3 Å². The summed E-state index contributed by atoms with van der Waals surface area (Å²) in [7, 11) is 2.09. The molecule has 15 heavy (non-hydrogen) atoms. The second kappa shape index (κ2) is 5.49. The minimum Gasteiger partial charge on any atom is -1.00 e. The Morgan fingerprint density at radius 1 is 1.33 bits per heavy atom. The zero-order valence-corrected chi connectivity index (χ0v) is 11.3. The van der Waals surface area contributed by atoms with Gasteiger partial charge >= 0.3 is 5.90 Å². The predicted octanol–water partition coefficient (Wildman–Crippen LogP) is -1.31. The summed E-state index contributed by atoms with van der Waals surface area (Å²) >= 11 is 0. The molecule has 0 aliphatic carbocycles. The van der Waals surface area contributed by atoms with Gasteiger partial charge in [-0.15, -0.1) is 0 Å². The number of nitrogens with zero attached hydrogens (tertiary/aromatic N) is 1. The van der Waals surface area contributed by atoms with E-state index in [-0.39, 0.29) is 24.0 Å². The Bertz CT molecular complexity index is 348. The highest BCUT2D eigenvalue weighted by Gasteiger charge is 2.28. The van der Waals surface area contributed by atoms with Crippen molar-refractivity contribution in [3.8, 4) is 0 Å². The lowest BCUT2D eigenvalue weighted by Gasteiger charge is -2.04. The lowest BCUT2D eigenvalue weighted by atomic mass is 10.1. The maximum Gasteiger partial charge on any atom is 0.333 e. The fraction of sp³-hybridized carbons (Fsp3) is 0.417. The molecule has 1 heterocycles. The first-order valence-corrected chi connectivity index (χ1v) is 5.00. The highest BCUT2D eigenvalue weighted by atomic mass is 127. The fourth-order valence-corrected chi connectivity index (χ4v) is 1.77. The van der Waals surface area contributed by atoms with E-state index in [1.54, 1.807) is 0 Å². The summed E-state index contributed by atoms with van der Waals surface area (Å²) in [6.45, 7) is 2.84. The molecule has 2 nitrogen and oxygen atoms in total. The van der Waals surface area contributed by atoms with Crippen LogP contribution in [0.3, 0.4) is 0 Å². The molecule has 0 spiro atoms. The van der Waals surface area contributed by atoms with E-state index in [2.05, 4.69) is 42.0 Å². The number of ether oxygens (including phenoxy) is 1. The molecule has 1 aliphatic heterocycles. The number of likely N-dealkylation sites (N-methyl/N-ethyl adjacent to an activating group) is 1. The number of hydrogen-bond acceptors (Lipinski definition) is 1. The molecule has 0 N–H and O–H groups in total. The first-order chi connectivity index (χ1) is 6.77. The number of hydrogen-bond donors (Lipinski definition) is 0. The van der Waals surface area contributed by atoms with Crippen LogP contribution in [0, 0.1) is 0 Å². The third kappa shape index (κ3) is 2.93. The Balaban J connectivity index is 0.00000112. The molecule has 0 saturated carbocycles. The molecule has 1 aromatic carbocycles. The second-order valence-electron chi connectivity index (χ2n) is 3.78. The molecule has 0 unspecified atom stereocenters. The predicted molar refractivity (Wildman–Crippen MR) is 56.8 cm³/mol. The molecule has 0 amide bonds. The van der Waals surface area contributed by atoms with Crippen LogP contribution in [0.25, 0.3) is 0 Å². The van der Waals surface area contributed by atoms with Gasteiger partial charge < -0.3 is 28.7 Å². The average Bonchev–Trinajstić information content (AvgIpc) is 2.52. The third-order valence-corrected chi connectivity index (χ3v) is 2.84. The number of benzene rings is 1. The number of halogens is 1. The van der Waals surface area contributed by atoms with E-state index >= 15 is 0 Å². The van der Waals surface area contributed by atoms with E-state index in [1.807, 2.05) is 6.92 Å². The van der Waals surface area contributed by atoms with E-state index < -0.39 is 0 Å². The molecule has 1 aliphatic rings. The first-order valence-electron chi connectivity index (χ1n) is 5.00. The van der Waals surface area contributed by atoms with Gasteiger partial charge in [-0.1, -0.05) is 30.3 Å². The van der Waals surface area contributed by atoms with Crippen LogP contribution >= 0.6 is 0 Å². The van der Waals surface area contributed by atoms with Crippen LogP contribution in [0.1, 0.15) is 12.5 Å². The molecule has 0 aromatic heterocycles. The van der Waals surface area contributed by atoms with Crippen LogP contribution in [0.5, 0.6) is 0 Å². The first kappa shape index (κ1) is 12.5. The Morgan fingerprint density at radius 3 is 2.53 bits per heavy atom. The van der Waals surface area contributed by atoms with Crippen LogP contribution in [0.15, 0.2) is 30.3 Å². The van der Waals surface area contributed by atoms with Gasteiger partial charge in [0, 0.05) is 6.42 Å². The van der Waals surface area contributed by atoms with Crippen molar-refractivity contribution in [2.24, 2.45) is 0 Å². The van der Waals surface area contributed by atoms with Crippen LogP contribution in [0.4, 0.5) is 0 Å². The summed E-state index contributed by atoms with van der Waals surface area (Å²) < 4.78 is 7.71. The molecule has 0 fully saturated rings. The minimum absolute atomic E-state index is 0. The van der Waals surface area contributed by atoms with Crippen LogP contribution in [-0.4, -0.2) is 30.2 Å². The highest BCUT2D eigenvalue weighted by molar-refractivity contribution is 5.68. The van der Waals surface area contributed by atoms with E-state index in [1.165, 1.54) is 5.56 Å². The van der Waals surface area contributed by atoms with Crippen molar-refractivity contribution in [1.82, 2.24) is 0 Å². The molecule has 82 valence electrons. The zero-order valence-electron chi connectivity index (χ0n) is 9.11. The van der Waals surface area contributed by atoms with Gasteiger partial charge in [0.25, 0.3) is 0 Å². The van der Waals surface area contributed by atoms with E-state index in [0.29, 0.717) is 6.04 Å². The third-order valence-electron chi connectivity index (χ3n) is 2.84. The van der Waals surface area contributed by atoms with Crippen molar-refractivity contribution in [2.45, 2.75) is 19.4 Å². The van der Waals surface area contributed by atoms with E-state index in [9.17, 15) is 0 Å². The van der Waals surface area contributed by atoms with Gasteiger partial charge in [0.1, 0.15) is 7.05 Å². The summed E-state index contributed by atoms with van der Waals surface area (Å²) in [6.07, 6.45) is 1.06. The zero-order chi connectivity index (χ0) is 9.97. The molecule has 0 saturated heterocycles. The summed E-state index contributed by atoms with van der Waals surface area (Å²) in [5.41, 5.74) is 1.38. The topological polar surface area (TPSA) is 12.2 Å². The Morgan fingerprint density at radius 2 is 2.00 bits per heavy atom. The summed E-state index contributed by atoms with van der Waals surface area (Å²) in [5.74, 6) is 1.03. The SMILES string of the molecule is CC1=[N+](C)[C@@H](Cc2ccccc2)CO1.[I-]. The summed E-state index contributed by atoms with van der Waals surface area (Å²) in [5, 5.41) is 0. The van der Waals surface area contributed by atoms with Crippen LogP contribution in [-0.2, 0) is 11.2 Å². The summed E-state index contributed by atoms with van der Waals surface area (Å²) in [6, 6.07) is 11.1. The largest absolute Gasteiger partial charge is 1.00 e.